The van der Waals surface area contributed by atoms with Gasteiger partial charge in [0.2, 0.25) is 11.8 Å². The van der Waals surface area contributed by atoms with Crippen LogP contribution in [0, 0.1) is 0 Å². The Kier molecular flexibility index (Phi) is 13.9. The van der Waals surface area contributed by atoms with Crippen molar-refractivity contribution >= 4 is 35.0 Å². The first kappa shape index (κ1) is 42.2. The number of aliphatic hydroxyl groups is 1. The van der Waals surface area contributed by atoms with Crippen LogP contribution in [0.4, 0.5) is 11.4 Å². The molecule has 3 atom stereocenters. The van der Waals surface area contributed by atoms with Crippen molar-refractivity contribution in [2.75, 3.05) is 16.8 Å². The molecule has 0 radical (unpaired) electrons. The Balaban J connectivity index is 0.938. The van der Waals surface area contributed by atoms with Gasteiger partial charge in [-0.25, -0.2) is 4.98 Å². The Morgan fingerprint density at radius 3 is 2.13 bits per heavy atom. The van der Waals surface area contributed by atoms with Crippen molar-refractivity contribution in [3.63, 3.8) is 0 Å². The number of oxazole rings is 1. The fraction of sp³-hybridized carbons (Fsp3) is 0.196. The van der Waals surface area contributed by atoms with E-state index in [1.54, 1.807) is 18.2 Å². The maximum Gasteiger partial charge on any atom is 0.256 e. The second-order valence-electron chi connectivity index (χ2n) is 15.1. The molecule has 6 aromatic carbocycles. The number of carbonyl (C=O) groups is 2. The lowest BCUT2D eigenvalue weighted by Gasteiger charge is -2.36. The van der Waals surface area contributed by atoms with Crippen LogP contribution in [0.15, 0.2) is 167 Å². The lowest BCUT2D eigenvalue weighted by Crippen LogP contribution is -2.31. The normalized spacial score (nSPS) is 16.1. The molecule has 62 heavy (non-hydrogen) atoms. The van der Waals surface area contributed by atoms with Gasteiger partial charge in [-0.1, -0.05) is 145 Å². The summed E-state index contributed by atoms with van der Waals surface area (Å²) in [7, 11) is 0. The van der Waals surface area contributed by atoms with Crippen molar-refractivity contribution in [2.24, 2.45) is 0 Å². The predicted molar refractivity (Wildman–Crippen MR) is 244 cm³/mol. The molecule has 1 aromatic heterocycles. The lowest BCUT2D eigenvalue weighted by atomic mass is 9.99. The molecule has 0 unspecified atom stereocenters. The molecule has 1 aliphatic heterocycles. The summed E-state index contributed by atoms with van der Waals surface area (Å²) >= 11 is 1.52. The number of nitrogen functional groups attached to an aromatic ring is 1. The summed E-state index contributed by atoms with van der Waals surface area (Å²) in [4.78, 5) is 30.1. The van der Waals surface area contributed by atoms with Crippen LogP contribution in [-0.4, -0.2) is 33.8 Å². The summed E-state index contributed by atoms with van der Waals surface area (Å²) in [6, 6.07) is 51.3. The van der Waals surface area contributed by atoms with Crippen molar-refractivity contribution in [3.05, 3.63) is 180 Å². The van der Waals surface area contributed by atoms with Crippen LogP contribution in [0.3, 0.4) is 0 Å². The highest BCUT2D eigenvalue weighted by molar-refractivity contribution is 7.99. The summed E-state index contributed by atoms with van der Waals surface area (Å²) in [6.45, 7) is 0.323. The summed E-state index contributed by atoms with van der Waals surface area (Å²) in [5.74, 6) is 0.998. The molecule has 1 aliphatic rings. The number of thioether (sulfide) groups is 1. The zero-order valence-electron chi connectivity index (χ0n) is 34.1. The predicted octanol–water partition coefficient (Wildman–Crippen LogP) is 10.5. The lowest BCUT2D eigenvalue weighted by molar-refractivity contribution is -0.245. The molecule has 0 saturated carbocycles. The average molecular weight is 845 g/mol. The van der Waals surface area contributed by atoms with E-state index in [0.717, 1.165) is 56.0 Å². The van der Waals surface area contributed by atoms with Gasteiger partial charge in [0.15, 0.2) is 12.1 Å². The molecule has 2 heterocycles. The van der Waals surface area contributed by atoms with Crippen molar-refractivity contribution in [1.82, 2.24) is 10.3 Å². The van der Waals surface area contributed by atoms with Crippen LogP contribution in [0.2, 0.25) is 0 Å². The number of para-hydroxylation sites is 2. The minimum atomic E-state index is -0.657. The van der Waals surface area contributed by atoms with E-state index in [0.29, 0.717) is 41.7 Å². The fourth-order valence-electron chi connectivity index (χ4n) is 7.37. The number of hydrogen-bond donors (Lipinski definition) is 4. The molecular weight excluding hydrogens is 797 g/mol. The molecule has 1 saturated heterocycles. The number of hydrogen-bond acceptors (Lipinski definition) is 9. The quantitative estimate of drug-likeness (QED) is 0.0551. The van der Waals surface area contributed by atoms with Crippen molar-refractivity contribution in [3.8, 4) is 33.7 Å². The Hall–Kier alpha value is -6.50. The molecule has 0 bridgehead atoms. The fourth-order valence-corrected chi connectivity index (χ4v) is 8.22. The third-order valence-electron chi connectivity index (χ3n) is 10.6. The van der Waals surface area contributed by atoms with E-state index in [9.17, 15) is 14.7 Å². The molecule has 7 aromatic rings. The zero-order chi connectivity index (χ0) is 42.7. The maximum absolute atomic E-state index is 12.7. The van der Waals surface area contributed by atoms with E-state index in [2.05, 4.69) is 22.8 Å². The van der Waals surface area contributed by atoms with Gasteiger partial charge < -0.3 is 35.4 Å². The highest BCUT2D eigenvalue weighted by Crippen LogP contribution is 2.41. The number of rotatable bonds is 16. The van der Waals surface area contributed by atoms with E-state index < -0.39 is 6.29 Å². The molecule has 11 heteroatoms. The maximum atomic E-state index is 12.7. The number of carbonyl (C=O) groups excluding carboxylic acids is 2. The largest absolute Gasteiger partial charge is 0.431 e. The number of aromatic nitrogens is 1. The molecule has 2 amide bonds. The van der Waals surface area contributed by atoms with E-state index >= 15 is 0 Å². The van der Waals surface area contributed by atoms with E-state index in [1.165, 1.54) is 11.8 Å². The van der Waals surface area contributed by atoms with Gasteiger partial charge in [-0.05, 0) is 58.5 Å². The summed E-state index contributed by atoms with van der Waals surface area (Å²) in [6.07, 6.45) is 0.351. The minimum Gasteiger partial charge on any atom is -0.431 e. The SMILES string of the molecule is Nc1ccccc1NC(=O)CCCC(=O)NCc1cccc(-c2cccc([C@@H]3O[C@H](CSc4nc(-c5ccccc5)c(-c5ccccc5)o4)C[C@H](c4ccc(CO)cc4)O3)c2)c1. The van der Waals surface area contributed by atoms with Gasteiger partial charge in [-0.3, -0.25) is 9.59 Å². The Morgan fingerprint density at radius 2 is 1.37 bits per heavy atom. The Bertz CT molecular complexity index is 2530. The van der Waals surface area contributed by atoms with Gasteiger partial charge in [0.25, 0.3) is 5.22 Å². The van der Waals surface area contributed by atoms with Crippen LogP contribution in [0.5, 0.6) is 0 Å². The molecule has 314 valence electrons. The standard InChI is InChI=1S/C51H48N4O6S/c52-43-20-7-8-21-44(43)54-47(58)23-11-22-46(57)53-31-35-12-9-17-39(28-35)40-18-10-19-41(29-40)50-59-42(30-45(60-50)36-26-24-34(32-56)25-27-36)33-62-51-55-48(37-13-3-1-4-14-37)49(61-51)38-15-5-2-6-16-38/h1-10,12-21,24-29,42,45,50,56H,11,22-23,30-33,52H2,(H,53,57)(H,54,58)/t42-,45+,50+/m0/s1. The molecule has 0 aliphatic carbocycles. The molecular formula is C51H48N4O6S. The van der Waals surface area contributed by atoms with Gasteiger partial charge >= 0.3 is 0 Å². The Labute approximate surface area is 365 Å². The molecule has 1 fully saturated rings. The number of nitrogens with one attached hydrogen (secondary N) is 2. The number of ether oxygens (including phenoxy) is 2. The van der Waals surface area contributed by atoms with E-state index in [1.807, 2.05) is 127 Å². The summed E-state index contributed by atoms with van der Waals surface area (Å²) < 4.78 is 19.9. The highest BCUT2D eigenvalue weighted by Gasteiger charge is 2.33. The number of benzene rings is 6. The molecule has 0 spiro atoms. The van der Waals surface area contributed by atoms with E-state index in [4.69, 9.17) is 24.6 Å². The number of nitrogens with two attached hydrogens (primary N) is 1. The van der Waals surface area contributed by atoms with Crippen LogP contribution in [-0.2, 0) is 32.2 Å². The van der Waals surface area contributed by atoms with Crippen LogP contribution >= 0.6 is 11.8 Å². The average Bonchev–Trinajstić information content (AvgIpc) is 3.76. The van der Waals surface area contributed by atoms with Crippen molar-refractivity contribution < 1.29 is 28.6 Å². The first-order valence-electron chi connectivity index (χ1n) is 20.7. The number of aliphatic hydroxyl groups excluding tert-OH is 1. The topological polar surface area (TPSA) is 149 Å². The van der Waals surface area contributed by atoms with Gasteiger partial charge in [0, 0.05) is 48.3 Å². The smallest absolute Gasteiger partial charge is 0.256 e. The van der Waals surface area contributed by atoms with Crippen molar-refractivity contribution in [1.29, 1.82) is 0 Å². The van der Waals surface area contributed by atoms with E-state index in [-0.39, 0.29) is 43.5 Å². The summed E-state index contributed by atoms with van der Waals surface area (Å²) in [5.41, 5.74) is 15.4. The highest BCUT2D eigenvalue weighted by atomic mass is 32.2. The number of amides is 2. The molecule has 10 nitrogen and oxygen atoms in total. The van der Waals surface area contributed by atoms with Gasteiger partial charge in [-0.2, -0.15) is 0 Å². The zero-order valence-corrected chi connectivity index (χ0v) is 34.9. The second kappa shape index (κ2) is 20.4. The number of nitrogens with zero attached hydrogens (tertiary/aromatic N) is 1. The molecule has 8 rings (SSSR count). The first-order valence-corrected chi connectivity index (χ1v) is 21.7. The van der Waals surface area contributed by atoms with Gasteiger partial charge in [-0.15, -0.1) is 0 Å². The first-order chi connectivity index (χ1) is 30.4. The third kappa shape index (κ3) is 10.9. The van der Waals surface area contributed by atoms with Gasteiger partial charge in [0.1, 0.15) is 5.69 Å². The minimum absolute atomic E-state index is 0.0323. The Morgan fingerprint density at radius 1 is 0.694 bits per heavy atom. The number of anilines is 2. The second-order valence-corrected chi connectivity index (χ2v) is 16.1. The third-order valence-corrected chi connectivity index (χ3v) is 11.6. The summed E-state index contributed by atoms with van der Waals surface area (Å²) in [5, 5.41) is 16.1. The van der Waals surface area contributed by atoms with Crippen LogP contribution in [0.25, 0.3) is 33.7 Å². The van der Waals surface area contributed by atoms with Crippen LogP contribution < -0.4 is 16.4 Å². The van der Waals surface area contributed by atoms with Gasteiger partial charge in [0.05, 0.1) is 30.2 Å². The van der Waals surface area contributed by atoms with Crippen LogP contribution in [0.1, 0.15) is 60.3 Å². The monoisotopic (exact) mass is 844 g/mol. The molecule has 5 N–H and O–H groups in total. The van der Waals surface area contributed by atoms with Crippen molar-refractivity contribution in [2.45, 2.75) is 62.6 Å².